The summed E-state index contributed by atoms with van der Waals surface area (Å²) >= 11 is 5.47. The van der Waals surface area contributed by atoms with E-state index in [-0.39, 0.29) is 6.61 Å². The van der Waals surface area contributed by atoms with Gasteiger partial charge in [0.2, 0.25) is 0 Å². The third-order valence-electron chi connectivity index (χ3n) is 5.22. The smallest absolute Gasteiger partial charge is 0.343 e. The Kier molecular flexibility index (Phi) is 8.52. The van der Waals surface area contributed by atoms with Crippen molar-refractivity contribution in [3.8, 4) is 0 Å². The molecule has 1 fully saturated rings. The van der Waals surface area contributed by atoms with E-state index in [2.05, 4.69) is 9.89 Å². The Labute approximate surface area is 195 Å². The Bertz CT molecular complexity index is 1080. The second-order valence-corrected chi connectivity index (χ2v) is 7.97. The van der Waals surface area contributed by atoms with E-state index in [0.29, 0.717) is 11.8 Å². The van der Waals surface area contributed by atoms with Crippen LogP contribution >= 0.6 is 11.6 Å². The van der Waals surface area contributed by atoms with Gasteiger partial charge in [-0.2, -0.15) is 0 Å². The van der Waals surface area contributed by atoms with E-state index in [1.807, 2.05) is 18.2 Å². The molecular formula is C24H24ClF3N2O3. The summed E-state index contributed by atoms with van der Waals surface area (Å²) in [7, 11) is 0. The molecule has 0 aromatic heterocycles. The van der Waals surface area contributed by atoms with Crippen LogP contribution in [0.15, 0.2) is 40.9 Å². The Hall–Kier alpha value is -2.84. The van der Waals surface area contributed by atoms with Crippen LogP contribution in [0.5, 0.6) is 0 Å². The number of esters is 1. The quantitative estimate of drug-likeness (QED) is 0.132. The first kappa shape index (κ1) is 24.8. The number of nitrogens with zero attached hydrogens (tertiary/aromatic N) is 2. The van der Waals surface area contributed by atoms with Gasteiger partial charge in [0, 0.05) is 12.8 Å². The topological polar surface area (TPSA) is 62.1 Å². The van der Waals surface area contributed by atoms with Gasteiger partial charge in [-0.1, -0.05) is 30.2 Å². The highest BCUT2D eigenvalue weighted by Gasteiger charge is 2.24. The number of aliphatic imine (C=N–C) groups is 1. The van der Waals surface area contributed by atoms with Gasteiger partial charge in [-0.15, -0.1) is 0 Å². The van der Waals surface area contributed by atoms with Crippen LogP contribution in [0.4, 0.5) is 18.9 Å². The van der Waals surface area contributed by atoms with Crippen molar-refractivity contribution in [3.05, 3.63) is 69.5 Å². The lowest BCUT2D eigenvalue weighted by atomic mass is 10.1. The zero-order valence-corrected chi connectivity index (χ0v) is 18.8. The fourth-order valence-corrected chi connectivity index (χ4v) is 3.75. The molecule has 33 heavy (non-hydrogen) atoms. The summed E-state index contributed by atoms with van der Waals surface area (Å²) < 4.78 is 46.6. The number of piperidine rings is 1. The second-order valence-electron chi connectivity index (χ2n) is 7.60. The van der Waals surface area contributed by atoms with Crippen LogP contribution in [0.25, 0.3) is 5.76 Å². The average molecular weight is 481 g/mol. The summed E-state index contributed by atoms with van der Waals surface area (Å²) in [6, 6.07) is 7.73. The summed E-state index contributed by atoms with van der Waals surface area (Å²) in [5.41, 5.74) is 0.199. The molecule has 5 nitrogen and oxygen atoms in total. The van der Waals surface area contributed by atoms with E-state index < -0.39 is 45.3 Å². The molecule has 3 rings (SSSR count). The number of likely N-dealkylation sites (tertiary alicyclic amines) is 1. The highest BCUT2D eigenvalue weighted by molar-refractivity contribution is 6.31. The first-order chi connectivity index (χ1) is 15.8. The molecule has 0 spiro atoms. The van der Waals surface area contributed by atoms with Gasteiger partial charge in [0.1, 0.15) is 16.4 Å². The standard InChI is InChI=1S/C24H24ClF3N2O3/c1-2-33-24(32)18(23(31)17-12-19(26)22(28)20(25)21(17)27)13-29-16-8-6-7-15(11-16)14-30-9-4-3-5-10-30/h6-8,11-13,31H,2-5,9-10,14H2,1H3/b23-18-,29-13?. The molecule has 0 amide bonds. The lowest BCUT2D eigenvalue weighted by Crippen LogP contribution is -2.28. The Morgan fingerprint density at radius 1 is 1.18 bits per heavy atom. The van der Waals surface area contributed by atoms with E-state index in [9.17, 15) is 23.1 Å². The molecule has 1 aliphatic heterocycles. The molecule has 0 saturated carbocycles. The molecule has 2 aromatic carbocycles. The molecule has 0 radical (unpaired) electrons. The van der Waals surface area contributed by atoms with Crippen molar-refractivity contribution in [1.29, 1.82) is 0 Å². The van der Waals surface area contributed by atoms with Crippen LogP contribution in [0.3, 0.4) is 0 Å². The van der Waals surface area contributed by atoms with Crippen LogP contribution in [0, 0.1) is 17.5 Å². The third kappa shape index (κ3) is 6.15. The minimum absolute atomic E-state index is 0.0320. The maximum atomic E-state index is 14.4. The molecule has 1 N–H and O–H groups in total. The molecule has 1 aliphatic rings. The van der Waals surface area contributed by atoms with Gasteiger partial charge in [-0.05, 0) is 56.6 Å². The lowest BCUT2D eigenvalue weighted by molar-refractivity contribution is -0.137. The van der Waals surface area contributed by atoms with Gasteiger partial charge in [0.15, 0.2) is 17.5 Å². The first-order valence-corrected chi connectivity index (χ1v) is 11.0. The molecule has 176 valence electrons. The monoisotopic (exact) mass is 480 g/mol. The van der Waals surface area contributed by atoms with E-state index in [1.54, 1.807) is 13.0 Å². The highest BCUT2D eigenvalue weighted by Crippen LogP contribution is 2.29. The fourth-order valence-electron chi connectivity index (χ4n) is 3.56. The minimum Gasteiger partial charge on any atom is -0.506 e. The average Bonchev–Trinajstić information content (AvgIpc) is 2.81. The van der Waals surface area contributed by atoms with Crippen molar-refractivity contribution in [1.82, 2.24) is 4.90 Å². The maximum absolute atomic E-state index is 14.4. The summed E-state index contributed by atoms with van der Waals surface area (Å²) in [5, 5.41) is 9.40. The SMILES string of the molecule is CCOC(=O)/C(C=Nc1cccc(CN2CCCCC2)c1)=C(\O)c1cc(F)c(F)c(Cl)c1F. The maximum Gasteiger partial charge on any atom is 0.343 e. The molecule has 2 aromatic rings. The number of benzene rings is 2. The van der Waals surface area contributed by atoms with Gasteiger partial charge in [-0.3, -0.25) is 9.89 Å². The Morgan fingerprint density at radius 2 is 1.91 bits per heavy atom. The van der Waals surface area contributed by atoms with Gasteiger partial charge in [-0.25, -0.2) is 18.0 Å². The second kappa shape index (κ2) is 11.3. The van der Waals surface area contributed by atoms with Gasteiger partial charge >= 0.3 is 5.97 Å². The van der Waals surface area contributed by atoms with Crippen LogP contribution in [-0.4, -0.2) is 41.9 Å². The first-order valence-electron chi connectivity index (χ1n) is 10.6. The van der Waals surface area contributed by atoms with Crippen molar-refractivity contribution in [2.45, 2.75) is 32.7 Å². The summed E-state index contributed by atoms with van der Waals surface area (Å²) in [6.45, 7) is 4.32. The number of hydrogen-bond donors (Lipinski definition) is 1. The third-order valence-corrected chi connectivity index (χ3v) is 5.55. The molecule has 1 saturated heterocycles. The van der Waals surface area contributed by atoms with Crippen LogP contribution in [0.2, 0.25) is 5.02 Å². The summed E-state index contributed by atoms with van der Waals surface area (Å²) in [5.74, 6) is -6.47. The largest absolute Gasteiger partial charge is 0.506 e. The molecule has 0 unspecified atom stereocenters. The number of halogens is 4. The predicted molar refractivity (Wildman–Crippen MR) is 121 cm³/mol. The lowest BCUT2D eigenvalue weighted by Gasteiger charge is -2.26. The van der Waals surface area contributed by atoms with Crippen molar-refractivity contribution >= 4 is 35.2 Å². The van der Waals surface area contributed by atoms with E-state index in [1.165, 1.54) is 6.42 Å². The number of aliphatic hydroxyl groups excluding tert-OH is 1. The molecule has 9 heteroatoms. The van der Waals surface area contributed by atoms with Crippen molar-refractivity contribution < 1.29 is 27.8 Å². The number of hydrogen-bond acceptors (Lipinski definition) is 5. The number of rotatable bonds is 7. The highest BCUT2D eigenvalue weighted by atomic mass is 35.5. The molecule has 0 atom stereocenters. The van der Waals surface area contributed by atoms with Crippen LogP contribution < -0.4 is 0 Å². The van der Waals surface area contributed by atoms with Crippen molar-refractivity contribution in [3.63, 3.8) is 0 Å². The molecular weight excluding hydrogens is 457 g/mol. The number of carbonyl (C=O) groups excluding carboxylic acids is 1. The van der Waals surface area contributed by atoms with Crippen molar-refractivity contribution in [2.75, 3.05) is 19.7 Å². The van der Waals surface area contributed by atoms with Gasteiger partial charge in [0.25, 0.3) is 0 Å². The number of carbonyl (C=O) groups is 1. The minimum atomic E-state index is -1.59. The molecule has 1 heterocycles. The van der Waals surface area contributed by atoms with Crippen molar-refractivity contribution in [2.24, 2.45) is 4.99 Å². The van der Waals surface area contributed by atoms with E-state index >= 15 is 0 Å². The van der Waals surface area contributed by atoms with Crippen LogP contribution in [0.1, 0.15) is 37.3 Å². The van der Waals surface area contributed by atoms with Crippen LogP contribution in [-0.2, 0) is 16.1 Å². The van der Waals surface area contributed by atoms with E-state index in [0.717, 1.165) is 44.3 Å². The normalized spacial score (nSPS) is 15.5. The molecule has 0 aliphatic carbocycles. The van der Waals surface area contributed by atoms with Gasteiger partial charge in [0.05, 0.1) is 17.9 Å². The zero-order chi connectivity index (χ0) is 24.0. The number of ether oxygens (including phenoxy) is 1. The summed E-state index contributed by atoms with van der Waals surface area (Å²) in [4.78, 5) is 19.0. The predicted octanol–water partition coefficient (Wildman–Crippen LogP) is 5.98. The number of aliphatic hydroxyl groups is 1. The summed E-state index contributed by atoms with van der Waals surface area (Å²) in [6.07, 6.45) is 4.56. The van der Waals surface area contributed by atoms with Gasteiger partial charge < -0.3 is 9.84 Å². The Morgan fingerprint density at radius 3 is 2.61 bits per heavy atom. The fraction of sp³-hybridized carbons (Fsp3) is 0.333. The van der Waals surface area contributed by atoms with E-state index in [4.69, 9.17) is 16.3 Å². The molecule has 0 bridgehead atoms. The zero-order valence-electron chi connectivity index (χ0n) is 18.1. The Balaban J connectivity index is 1.94.